The fourth-order valence-electron chi connectivity index (χ4n) is 4.00. The van der Waals surface area contributed by atoms with Crippen molar-refractivity contribution < 1.29 is 4.79 Å². The third-order valence-corrected chi connectivity index (χ3v) is 8.48. The number of fused-ring (bicyclic) bond motifs is 1. The number of nitrogens with one attached hydrogen (secondary N) is 1. The second kappa shape index (κ2) is 9.59. The highest BCUT2D eigenvalue weighted by molar-refractivity contribution is 7.10. The van der Waals surface area contributed by atoms with Gasteiger partial charge in [0.2, 0.25) is 0 Å². The molecule has 4 aromatic rings. The summed E-state index contributed by atoms with van der Waals surface area (Å²) in [5, 5.41) is 5.73. The van der Waals surface area contributed by atoms with Crippen molar-refractivity contribution in [1.82, 2.24) is 4.57 Å². The van der Waals surface area contributed by atoms with E-state index in [1.807, 2.05) is 48.7 Å². The van der Waals surface area contributed by atoms with Gasteiger partial charge >= 0.3 is 0 Å². The predicted molar refractivity (Wildman–Crippen MR) is 144 cm³/mol. The van der Waals surface area contributed by atoms with Gasteiger partial charge in [-0.3, -0.25) is 14.2 Å². The molecule has 5 rings (SSSR count). The zero-order valence-corrected chi connectivity index (χ0v) is 21.9. The van der Waals surface area contributed by atoms with Crippen molar-refractivity contribution in [2.45, 2.75) is 19.9 Å². The molecule has 0 saturated carbocycles. The summed E-state index contributed by atoms with van der Waals surface area (Å²) in [5.74, 6) is -0.286. The quantitative estimate of drug-likeness (QED) is 0.369. The summed E-state index contributed by atoms with van der Waals surface area (Å²) in [4.78, 5) is 33.3. The highest BCUT2D eigenvalue weighted by Gasteiger charge is 2.33. The Labute approximate surface area is 219 Å². The normalized spacial score (nSPS) is 15.7. The fourth-order valence-corrected chi connectivity index (χ4v) is 6.23. The van der Waals surface area contributed by atoms with Crippen molar-refractivity contribution in [3.8, 4) is 0 Å². The number of thiazole rings is 1. The Kier molecular flexibility index (Phi) is 6.51. The lowest BCUT2D eigenvalue weighted by Gasteiger charge is -2.24. The molecule has 1 atom stereocenters. The molecule has 2 aromatic carbocycles. The molecule has 0 bridgehead atoms. The predicted octanol–water partition coefficient (Wildman–Crippen LogP) is 5.55. The molecular formula is C26H19Cl2N3O2S2. The van der Waals surface area contributed by atoms with Gasteiger partial charge in [-0.15, -0.1) is 11.3 Å². The first-order valence-corrected chi connectivity index (χ1v) is 13.2. The van der Waals surface area contributed by atoms with E-state index in [0.717, 1.165) is 16.1 Å². The van der Waals surface area contributed by atoms with Gasteiger partial charge in [0.1, 0.15) is 6.04 Å². The fraction of sp³-hybridized carbons (Fsp3) is 0.115. The van der Waals surface area contributed by atoms with Crippen LogP contribution in [0.15, 0.2) is 81.0 Å². The van der Waals surface area contributed by atoms with Crippen LogP contribution in [0.25, 0.3) is 6.08 Å². The number of rotatable bonds is 4. The summed E-state index contributed by atoms with van der Waals surface area (Å²) >= 11 is 15.3. The van der Waals surface area contributed by atoms with E-state index in [1.165, 1.54) is 22.7 Å². The number of carbonyl (C=O) groups is 1. The first kappa shape index (κ1) is 23.8. The van der Waals surface area contributed by atoms with Gasteiger partial charge in [-0.1, -0.05) is 70.9 Å². The van der Waals surface area contributed by atoms with Gasteiger partial charge in [0.05, 0.1) is 25.8 Å². The molecule has 1 aliphatic heterocycles. The van der Waals surface area contributed by atoms with Gasteiger partial charge in [0, 0.05) is 10.6 Å². The molecule has 1 aliphatic rings. The topological polar surface area (TPSA) is 63.5 Å². The number of allylic oxidation sites excluding steroid dienone is 1. The lowest BCUT2D eigenvalue weighted by atomic mass is 10.0. The van der Waals surface area contributed by atoms with Crippen LogP contribution in [0, 0.1) is 6.92 Å². The summed E-state index contributed by atoms with van der Waals surface area (Å²) < 4.78 is 2.06. The minimum atomic E-state index is -0.591. The number of aryl methyl sites for hydroxylation is 1. The lowest BCUT2D eigenvalue weighted by Crippen LogP contribution is -2.40. The number of aromatic nitrogens is 1. The third-order valence-electron chi connectivity index (χ3n) is 5.74. The molecule has 9 heteroatoms. The van der Waals surface area contributed by atoms with Crippen LogP contribution in [0.4, 0.5) is 5.69 Å². The molecule has 176 valence electrons. The molecule has 0 radical (unpaired) electrons. The molecule has 0 fully saturated rings. The number of hydrogen-bond donors (Lipinski definition) is 1. The average Bonchev–Trinajstić information content (AvgIpc) is 3.46. The Hall–Kier alpha value is -2.97. The van der Waals surface area contributed by atoms with Crippen LogP contribution in [0.5, 0.6) is 0 Å². The van der Waals surface area contributed by atoms with Crippen LogP contribution in [-0.2, 0) is 4.79 Å². The summed E-state index contributed by atoms with van der Waals surface area (Å²) in [6.45, 7) is 3.74. The van der Waals surface area contributed by atoms with E-state index in [0.29, 0.717) is 36.2 Å². The van der Waals surface area contributed by atoms with E-state index < -0.39 is 6.04 Å². The largest absolute Gasteiger partial charge is 0.322 e. The van der Waals surface area contributed by atoms with E-state index in [-0.39, 0.29) is 11.5 Å². The number of nitrogens with zero attached hydrogens (tertiary/aromatic N) is 2. The molecule has 1 amide bonds. The van der Waals surface area contributed by atoms with E-state index in [4.69, 9.17) is 23.2 Å². The van der Waals surface area contributed by atoms with Crippen LogP contribution >= 0.6 is 45.9 Å². The molecular weight excluding hydrogens is 521 g/mol. The highest BCUT2D eigenvalue weighted by Crippen LogP contribution is 2.33. The number of carbonyl (C=O) groups excluding carboxylic acids is 1. The maximum absolute atomic E-state index is 13.7. The third kappa shape index (κ3) is 4.41. The molecule has 1 unspecified atom stereocenters. The summed E-state index contributed by atoms with van der Waals surface area (Å²) in [7, 11) is 0. The molecule has 5 nitrogen and oxygen atoms in total. The van der Waals surface area contributed by atoms with Gasteiger partial charge < -0.3 is 5.32 Å². The molecule has 0 saturated heterocycles. The van der Waals surface area contributed by atoms with Crippen LogP contribution in [-0.4, -0.2) is 10.5 Å². The number of hydrogen-bond acceptors (Lipinski definition) is 5. The molecule has 3 heterocycles. The molecule has 2 aromatic heterocycles. The maximum Gasteiger partial charge on any atom is 0.271 e. The van der Waals surface area contributed by atoms with Crippen molar-refractivity contribution in [1.29, 1.82) is 0 Å². The second-order valence-corrected chi connectivity index (χ2v) is 10.8. The molecule has 35 heavy (non-hydrogen) atoms. The van der Waals surface area contributed by atoms with Crippen molar-refractivity contribution in [2.24, 2.45) is 4.99 Å². The number of thiophene rings is 1. The highest BCUT2D eigenvalue weighted by atomic mass is 35.5. The van der Waals surface area contributed by atoms with Crippen LogP contribution < -0.4 is 20.2 Å². The first-order chi connectivity index (χ1) is 16.8. The van der Waals surface area contributed by atoms with Crippen LogP contribution in [0.2, 0.25) is 10.0 Å². The summed E-state index contributed by atoms with van der Waals surface area (Å²) in [6, 6.07) is 16.1. The Balaban J connectivity index is 1.67. The van der Waals surface area contributed by atoms with Crippen molar-refractivity contribution >= 4 is 63.5 Å². The first-order valence-electron chi connectivity index (χ1n) is 10.7. The zero-order valence-electron chi connectivity index (χ0n) is 18.7. The van der Waals surface area contributed by atoms with Crippen LogP contribution in [0.3, 0.4) is 0 Å². The average molecular weight is 540 g/mol. The SMILES string of the molecule is CC1=C(C(=O)Nc2ccccc2C)C(c2cccs2)n2c(s/c(=C/c3cccc(Cl)c3Cl)c2=O)=N1. The second-order valence-electron chi connectivity index (χ2n) is 8.01. The van der Waals surface area contributed by atoms with Crippen molar-refractivity contribution in [3.05, 3.63) is 117 Å². The Morgan fingerprint density at radius 2 is 1.89 bits per heavy atom. The summed E-state index contributed by atoms with van der Waals surface area (Å²) in [6.07, 6.45) is 1.72. The lowest BCUT2D eigenvalue weighted by molar-refractivity contribution is -0.113. The Bertz CT molecular complexity index is 1670. The molecule has 0 spiro atoms. The molecule has 1 N–H and O–H groups in total. The van der Waals surface area contributed by atoms with Gasteiger partial charge in [0.25, 0.3) is 11.5 Å². The van der Waals surface area contributed by atoms with E-state index >= 15 is 0 Å². The monoisotopic (exact) mass is 539 g/mol. The smallest absolute Gasteiger partial charge is 0.271 e. The van der Waals surface area contributed by atoms with Crippen LogP contribution in [0.1, 0.15) is 29.0 Å². The molecule has 0 aliphatic carbocycles. The maximum atomic E-state index is 13.7. The van der Waals surface area contributed by atoms with Gasteiger partial charge in [0.15, 0.2) is 4.80 Å². The minimum absolute atomic E-state index is 0.239. The van der Waals surface area contributed by atoms with E-state index in [2.05, 4.69) is 10.3 Å². The van der Waals surface area contributed by atoms with Crippen molar-refractivity contribution in [3.63, 3.8) is 0 Å². The zero-order chi connectivity index (χ0) is 24.7. The number of para-hydroxylation sites is 1. The number of anilines is 1. The van der Waals surface area contributed by atoms with E-state index in [1.54, 1.807) is 35.8 Å². The van der Waals surface area contributed by atoms with Gasteiger partial charge in [-0.2, -0.15) is 0 Å². The Morgan fingerprint density at radius 1 is 1.09 bits per heavy atom. The van der Waals surface area contributed by atoms with Crippen molar-refractivity contribution in [2.75, 3.05) is 5.32 Å². The Morgan fingerprint density at radius 3 is 2.63 bits per heavy atom. The minimum Gasteiger partial charge on any atom is -0.322 e. The van der Waals surface area contributed by atoms with Gasteiger partial charge in [-0.05, 0) is 54.6 Å². The number of amides is 1. The van der Waals surface area contributed by atoms with E-state index in [9.17, 15) is 9.59 Å². The van der Waals surface area contributed by atoms with Gasteiger partial charge in [-0.25, -0.2) is 4.99 Å². The summed E-state index contributed by atoms with van der Waals surface area (Å²) in [5.41, 5.74) is 3.08. The number of benzene rings is 2. The number of halogens is 2. The standard InChI is InChI=1S/C26H19Cl2N3O2S2/c1-14-7-3-4-10-18(14)30-24(32)21-15(2)29-26-31(23(21)19-11-6-12-34-19)25(33)20(35-26)13-16-8-5-9-17(27)22(16)28/h3-13,23H,1-2H3,(H,30,32)/b20-13+.